The van der Waals surface area contributed by atoms with Gasteiger partial charge in [-0.15, -0.1) is 0 Å². The molecule has 0 saturated heterocycles. The Labute approximate surface area is 135 Å². The number of halogens is 1. The zero-order valence-corrected chi connectivity index (χ0v) is 13.1. The van der Waals surface area contributed by atoms with Crippen LogP contribution in [0.3, 0.4) is 0 Å². The van der Waals surface area contributed by atoms with Gasteiger partial charge in [0.2, 0.25) is 0 Å². The van der Waals surface area contributed by atoms with Gasteiger partial charge < -0.3 is 4.74 Å². The third-order valence-corrected chi connectivity index (χ3v) is 4.60. The molecule has 114 valence electrons. The van der Waals surface area contributed by atoms with E-state index in [0.29, 0.717) is 5.02 Å². The molecule has 0 atom stereocenters. The zero-order valence-electron chi connectivity index (χ0n) is 12.3. The lowest BCUT2D eigenvalue weighted by molar-refractivity contribution is -0.152. The van der Waals surface area contributed by atoms with Crippen molar-refractivity contribution in [3.63, 3.8) is 0 Å². The van der Waals surface area contributed by atoms with E-state index in [-0.39, 0.29) is 12.6 Å². The number of hydrogen-bond donors (Lipinski definition) is 0. The van der Waals surface area contributed by atoms with E-state index < -0.39 is 5.41 Å². The first kappa shape index (κ1) is 15.0. The van der Waals surface area contributed by atoms with Gasteiger partial charge in [-0.1, -0.05) is 42.6 Å². The summed E-state index contributed by atoms with van der Waals surface area (Å²) in [6.07, 6.45) is 7.27. The maximum absolute atomic E-state index is 12.7. The molecular formula is C18H18ClNO2. The second kappa shape index (κ2) is 6.49. The van der Waals surface area contributed by atoms with Crippen molar-refractivity contribution in [2.24, 2.45) is 0 Å². The summed E-state index contributed by atoms with van der Waals surface area (Å²) in [6.45, 7) is 0.276. The van der Waals surface area contributed by atoms with Crippen LogP contribution in [0.2, 0.25) is 5.02 Å². The molecule has 1 aliphatic carbocycles. The van der Waals surface area contributed by atoms with E-state index in [2.05, 4.69) is 4.98 Å². The van der Waals surface area contributed by atoms with Crippen molar-refractivity contribution in [1.29, 1.82) is 0 Å². The van der Waals surface area contributed by atoms with E-state index in [1.807, 2.05) is 24.3 Å². The molecule has 22 heavy (non-hydrogen) atoms. The monoisotopic (exact) mass is 315 g/mol. The Morgan fingerprint density at radius 3 is 2.55 bits per heavy atom. The Balaban J connectivity index is 1.75. The summed E-state index contributed by atoms with van der Waals surface area (Å²) in [7, 11) is 0. The quantitative estimate of drug-likeness (QED) is 0.790. The number of benzene rings is 1. The fourth-order valence-electron chi connectivity index (χ4n) is 3.10. The number of ether oxygens (including phenoxy) is 1. The molecule has 0 unspecified atom stereocenters. The van der Waals surface area contributed by atoms with Gasteiger partial charge in [-0.25, -0.2) is 0 Å². The molecule has 0 radical (unpaired) electrons. The van der Waals surface area contributed by atoms with E-state index in [0.717, 1.165) is 36.8 Å². The Hall–Kier alpha value is -1.87. The molecule has 1 aromatic carbocycles. The lowest BCUT2D eigenvalue weighted by atomic mass is 9.80. The second-order valence-electron chi connectivity index (χ2n) is 5.73. The minimum atomic E-state index is -0.527. The first-order valence-electron chi connectivity index (χ1n) is 7.53. The fourth-order valence-corrected chi connectivity index (χ4v) is 3.23. The van der Waals surface area contributed by atoms with Crippen LogP contribution in [-0.4, -0.2) is 11.0 Å². The topological polar surface area (TPSA) is 39.2 Å². The molecule has 2 aromatic rings. The number of rotatable bonds is 4. The average Bonchev–Trinajstić information content (AvgIpc) is 3.06. The summed E-state index contributed by atoms with van der Waals surface area (Å²) < 4.78 is 5.60. The van der Waals surface area contributed by atoms with Crippen LogP contribution in [0.15, 0.2) is 48.8 Å². The summed E-state index contributed by atoms with van der Waals surface area (Å²) in [5.74, 6) is -0.145. The standard InChI is InChI=1S/C18H18ClNO2/c19-16-7-5-14(6-8-16)13-22-17(21)18(9-1-2-10-18)15-4-3-11-20-12-15/h3-8,11-12H,1-2,9-10,13H2. The van der Waals surface area contributed by atoms with Crippen LogP contribution in [0.1, 0.15) is 36.8 Å². The first-order chi connectivity index (χ1) is 10.7. The molecule has 0 amide bonds. The van der Waals surface area contributed by atoms with Gasteiger partial charge in [0.15, 0.2) is 0 Å². The van der Waals surface area contributed by atoms with Gasteiger partial charge in [0.1, 0.15) is 6.61 Å². The molecule has 0 aliphatic heterocycles. The van der Waals surface area contributed by atoms with Crippen molar-refractivity contribution < 1.29 is 9.53 Å². The van der Waals surface area contributed by atoms with Crippen LogP contribution in [-0.2, 0) is 21.6 Å². The van der Waals surface area contributed by atoms with Crippen LogP contribution in [0.25, 0.3) is 0 Å². The molecular weight excluding hydrogens is 298 g/mol. The van der Waals surface area contributed by atoms with Crippen LogP contribution in [0, 0.1) is 0 Å². The van der Waals surface area contributed by atoms with E-state index in [1.165, 1.54) is 0 Å². The van der Waals surface area contributed by atoms with E-state index >= 15 is 0 Å². The number of hydrogen-bond acceptors (Lipinski definition) is 3. The average molecular weight is 316 g/mol. The van der Waals surface area contributed by atoms with Gasteiger partial charge in [-0.05, 0) is 42.2 Å². The molecule has 1 fully saturated rings. The lowest BCUT2D eigenvalue weighted by Gasteiger charge is -2.26. The molecule has 1 aromatic heterocycles. The lowest BCUT2D eigenvalue weighted by Crippen LogP contribution is -2.34. The minimum absolute atomic E-state index is 0.145. The predicted molar refractivity (Wildman–Crippen MR) is 85.6 cm³/mol. The Bertz CT molecular complexity index is 634. The number of pyridine rings is 1. The van der Waals surface area contributed by atoms with Gasteiger partial charge in [0, 0.05) is 17.4 Å². The maximum Gasteiger partial charge on any atom is 0.316 e. The Morgan fingerprint density at radius 1 is 1.18 bits per heavy atom. The largest absolute Gasteiger partial charge is 0.460 e. The van der Waals surface area contributed by atoms with Crippen LogP contribution in [0.4, 0.5) is 0 Å². The molecule has 0 N–H and O–H groups in total. The minimum Gasteiger partial charge on any atom is -0.460 e. The first-order valence-corrected chi connectivity index (χ1v) is 7.91. The highest BCUT2D eigenvalue weighted by atomic mass is 35.5. The van der Waals surface area contributed by atoms with E-state index in [1.54, 1.807) is 24.5 Å². The van der Waals surface area contributed by atoms with E-state index in [9.17, 15) is 4.79 Å². The van der Waals surface area contributed by atoms with Gasteiger partial charge in [-0.3, -0.25) is 9.78 Å². The Morgan fingerprint density at radius 2 is 1.91 bits per heavy atom. The van der Waals surface area contributed by atoms with Crippen molar-refractivity contribution in [2.75, 3.05) is 0 Å². The van der Waals surface area contributed by atoms with Gasteiger partial charge in [-0.2, -0.15) is 0 Å². The molecule has 4 heteroatoms. The third-order valence-electron chi connectivity index (χ3n) is 4.35. The number of nitrogens with zero attached hydrogens (tertiary/aromatic N) is 1. The van der Waals surface area contributed by atoms with E-state index in [4.69, 9.17) is 16.3 Å². The molecule has 3 nitrogen and oxygen atoms in total. The van der Waals surface area contributed by atoms with Crippen LogP contribution >= 0.6 is 11.6 Å². The highest BCUT2D eigenvalue weighted by Gasteiger charge is 2.44. The highest BCUT2D eigenvalue weighted by molar-refractivity contribution is 6.30. The molecule has 1 heterocycles. The molecule has 0 bridgehead atoms. The number of aromatic nitrogens is 1. The number of carbonyl (C=O) groups is 1. The zero-order chi connectivity index (χ0) is 15.4. The van der Waals surface area contributed by atoms with Crippen molar-refractivity contribution in [1.82, 2.24) is 4.98 Å². The second-order valence-corrected chi connectivity index (χ2v) is 6.17. The maximum atomic E-state index is 12.7. The summed E-state index contributed by atoms with van der Waals surface area (Å²) in [5.41, 5.74) is 1.38. The van der Waals surface area contributed by atoms with Gasteiger partial charge in [0.05, 0.1) is 5.41 Å². The summed E-state index contributed by atoms with van der Waals surface area (Å²) >= 11 is 5.87. The van der Waals surface area contributed by atoms with Crippen molar-refractivity contribution in [2.45, 2.75) is 37.7 Å². The van der Waals surface area contributed by atoms with Gasteiger partial charge >= 0.3 is 5.97 Å². The van der Waals surface area contributed by atoms with Crippen LogP contribution in [0.5, 0.6) is 0 Å². The van der Waals surface area contributed by atoms with Crippen molar-refractivity contribution in [3.05, 3.63) is 64.9 Å². The molecule has 3 rings (SSSR count). The van der Waals surface area contributed by atoms with Gasteiger partial charge in [0.25, 0.3) is 0 Å². The van der Waals surface area contributed by atoms with Crippen LogP contribution < -0.4 is 0 Å². The SMILES string of the molecule is O=C(OCc1ccc(Cl)cc1)C1(c2cccnc2)CCCC1. The number of esters is 1. The Kier molecular flexibility index (Phi) is 4.44. The third kappa shape index (κ3) is 3.00. The molecule has 0 spiro atoms. The smallest absolute Gasteiger partial charge is 0.316 e. The fraction of sp³-hybridized carbons (Fsp3) is 0.333. The summed E-state index contributed by atoms with van der Waals surface area (Å²) in [5, 5.41) is 0.678. The van der Waals surface area contributed by atoms with Crippen molar-refractivity contribution in [3.8, 4) is 0 Å². The highest BCUT2D eigenvalue weighted by Crippen LogP contribution is 2.42. The molecule has 1 saturated carbocycles. The number of carbonyl (C=O) groups excluding carboxylic acids is 1. The predicted octanol–water partition coefficient (Wildman–Crippen LogP) is 4.29. The summed E-state index contributed by atoms with van der Waals surface area (Å²) in [4.78, 5) is 16.9. The molecule has 1 aliphatic rings. The normalized spacial score (nSPS) is 16.4. The van der Waals surface area contributed by atoms with Crippen molar-refractivity contribution >= 4 is 17.6 Å². The summed E-state index contributed by atoms with van der Waals surface area (Å²) in [6, 6.07) is 11.2.